The number of nitrogens with one attached hydrogen (secondary N) is 1. The minimum absolute atomic E-state index is 0.00492. The zero-order chi connectivity index (χ0) is 14.7. The molecule has 2 rings (SSSR count). The first kappa shape index (κ1) is 15.5. The van der Waals surface area contributed by atoms with Gasteiger partial charge < -0.3 is 15.0 Å². The van der Waals surface area contributed by atoms with Crippen LogP contribution in [0.4, 0.5) is 4.39 Å². The van der Waals surface area contributed by atoms with Crippen molar-refractivity contribution in [2.75, 3.05) is 26.2 Å². The number of halogens is 3. The fourth-order valence-electron chi connectivity index (χ4n) is 1.98. The van der Waals surface area contributed by atoms with Gasteiger partial charge in [-0.1, -0.05) is 11.6 Å². The molecule has 1 aromatic carbocycles. The average Bonchev–Trinajstić information content (AvgIpc) is 2.44. The van der Waals surface area contributed by atoms with Crippen molar-refractivity contribution in [3.8, 4) is 5.75 Å². The van der Waals surface area contributed by atoms with Gasteiger partial charge in [-0.05, 0) is 28.9 Å². The molecule has 0 radical (unpaired) electrons. The first-order chi connectivity index (χ1) is 9.49. The molecular formula is C13H15BrClFN2O2. The van der Waals surface area contributed by atoms with E-state index in [0.29, 0.717) is 17.6 Å². The van der Waals surface area contributed by atoms with Gasteiger partial charge in [-0.3, -0.25) is 4.79 Å². The van der Waals surface area contributed by atoms with Crippen LogP contribution in [0.15, 0.2) is 16.6 Å². The highest BCUT2D eigenvalue weighted by Crippen LogP contribution is 2.31. The Labute approximate surface area is 130 Å². The summed E-state index contributed by atoms with van der Waals surface area (Å²) in [7, 11) is 0. The molecule has 4 nitrogen and oxygen atoms in total. The zero-order valence-corrected chi connectivity index (χ0v) is 13.3. The van der Waals surface area contributed by atoms with Crippen LogP contribution >= 0.6 is 27.5 Å². The lowest BCUT2D eigenvalue weighted by molar-refractivity contribution is -0.138. The molecule has 20 heavy (non-hydrogen) atoms. The monoisotopic (exact) mass is 364 g/mol. The number of piperazine rings is 1. The second-order valence-corrected chi connectivity index (χ2v) is 5.79. The molecule has 110 valence electrons. The molecule has 1 unspecified atom stereocenters. The number of hydrogen-bond acceptors (Lipinski definition) is 3. The number of nitrogens with zero attached hydrogens (tertiary/aromatic N) is 1. The van der Waals surface area contributed by atoms with E-state index in [1.807, 2.05) is 0 Å². The van der Waals surface area contributed by atoms with E-state index in [-0.39, 0.29) is 16.7 Å². The number of ether oxygens (including phenoxy) is 1. The quantitative estimate of drug-likeness (QED) is 0.837. The predicted molar refractivity (Wildman–Crippen MR) is 78.6 cm³/mol. The lowest BCUT2D eigenvalue weighted by atomic mass is 10.2. The fraction of sp³-hybridized carbons (Fsp3) is 0.462. The third-order valence-electron chi connectivity index (χ3n) is 3.05. The Morgan fingerprint density at radius 2 is 2.15 bits per heavy atom. The van der Waals surface area contributed by atoms with Gasteiger partial charge in [0, 0.05) is 32.2 Å². The second-order valence-electron chi connectivity index (χ2n) is 4.53. The van der Waals surface area contributed by atoms with Crippen LogP contribution in [-0.4, -0.2) is 43.1 Å². The van der Waals surface area contributed by atoms with E-state index in [4.69, 9.17) is 16.3 Å². The summed E-state index contributed by atoms with van der Waals surface area (Å²) in [5.74, 6) is -0.414. The highest BCUT2D eigenvalue weighted by molar-refractivity contribution is 9.10. The molecule has 7 heteroatoms. The minimum atomic E-state index is -0.676. The maximum absolute atomic E-state index is 13.4. The van der Waals surface area contributed by atoms with E-state index in [1.165, 1.54) is 12.1 Å². The molecule has 1 N–H and O–H groups in total. The minimum Gasteiger partial charge on any atom is -0.480 e. The summed E-state index contributed by atoms with van der Waals surface area (Å²) in [6, 6.07) is 2.59. The molecule has 1 amide bonds. The van der Waals surface area contributed by atoms with Gasteiger partial charge in [-0.15, -0.1) is 0 Å². The first-order valence-electron chi connectivity index (χ1n) is 6.29. The molecule has 0 spiro atoms. The van der Waals surface area contributed by atoms with Crippen LogP contribution < -0.4 is 10.1 Å². The van der Waals surface area contributed by atoms with Crippen LogP contribution in [0, 0.1) is 5.82 Å². The van der Waals surface area contributed by atoms with Gasteiger partial charge >= 0.3 is 0 Å². The Morgan fingerprint density at radius 1 is 1.50 bits per heavy atom. The van der Waals surface area contributed by atoms with E-state index >= 15 is 0 Å². The van der Waals surface area contributed by atoms with Crippen molar-refractivity contribution in [1.82, 2.24) is 10.2 Å². The molecule has 1 atom stereocenters. The molecule has 1 aliphatic rings. The standard InChI is InChI=1S/C13H15BrClFN2O2/c1-8(13(19)18-4-2-17-3-5-18)20-12-7-11(16)10(15)6-9(12)14/h6-8,17H,2-5H2,1H3. The summed E-state index contributed by atoms with van der Waals surface area (Å²) >= 11 is 8.91. The molecule has 0 bridgehead atoms. The molecular weight excluding hydrogens is 351 g/mol. The Kier molecular flexibility index (Phi) is 5.23. The van der Waals surface area contributed by atoms with Crippen LogP contribution in [0.25, 0.3) is 0 Å². The molecule has 1 heterocycles. The van der Waals surface area contributed by atoms with Gasteiger partial charge in [0.25, 0.3) is 5.91 Å². The third kappa shape index (κ3) is 3.62. The number of amides is 1. The van der Waals surface area contributed by atoms with Crippen LogP contribution in [0.3, 0.4) is 0 Å². The van der Waals surface area contributed by atoms with Crippen molar-refractivity contribution in [3.05, 3.63) is 27.4 Å². The molecule has 0 aromatic heterocycles. The molecule has 1 aromatic rings. The summed E-state index contributed by atoms with van der Waals surface area (Å²) in [5, 5.41) is 3.18. The van der Waals surface area contributed by atoms with Gasteiger partial charge in [0.1, 0.15) is 11.6 Å². The number of carbonyl (C=O) groups is 1. The molecule has 1 aliphatic heterocycles. The zero-order valence-electron chi connectivity index (χ0n) is 11.0. The summed E-state index contributed by atoms with van der Waals surface area (Å²) < 4.78 is 19.5. The SMILES string of the molecule is CC(Oc1cc(F)c(Cl)cc1Br)C(=O)N1CCNCC1. The van der Waals surface area contributed by atoms with Crippen molar-refractivity contribution in [1.29, 1.82) is 0 Å². The Morgan fingerprint density at radius 3 is 2.80 bits per heavy atom. The summed E-state index contributed by atoms with van der Waals surface area (Å²) in [4.78, 5) is 13.9. The largest absolute Gasteiger partial charge is 0.480 e. The number of carbonyl (C=O) groups excluding carboxylic acids is 1. The number of rotatable bonds is 3. The molecule has 0 aliphatic carbocycles. The smallest absolute Gasteiger partial charge is 0.263 e. The second kappa shape index (κ2) is 6.74. The van der Waals surface area contributed by atoms with Crippen molar-refractivity contribution >= 4 is 33.4 Å². The molecule has 0 saturated carbocycles. The predicted octanol–water partition coefficient (Wildman–Crippen LogP) is 2.44. The first-order valence-corrected chi connectivity index (χ1v) is 7.47. The summed E-state index contributed by atoms with van der Waals surface area (Å²) in [5.41, 5.74) is 0. The third-order valence-corrected chi connectivity index (χ3v) is 3.96. The number of benzene rings is 1. The van der Waals surface area contributed by atoms with E-state index in [0.717, 1.165) is 13.1 Å². The Bertz CT molecular complexity index is 509. The topological polar surface area (TPSA) is 41.6 Å². The van der Waals surface area contributed by atoms with Crippen LogP contribution in [-0.2, 0) is 4.79 Å². The van der Waals surface area contributed by atoms with Gasteiger partial charge in [0.2, 0.25) is 0 Å². The summed E-state index contributed by atoms with van der Waals surface area (Å²) in [6.07, 6.45) is -0.676. The summed E-state index contributed by atoms with van der Waals surface area (Å²) in [6.45, 7) is 4.52. The maximum Gasteiger partial charge on any atom is 0.263 e. The van der Waals surface area contributed by atoms with Crippen molar-refractivity contribution in [2.24, 2.45) is 0 Å². The van der Waals surface area contributed by atoms with Crippen LogP contribution in [0.2, 0.25) is 5.02 Å². The van der Waals surface area contributed by atoms with E-state index in [9.17, 15) is 9.18 Å². The Balaban J connectivity index is 2.05. The van der Waals surface area contributed by atoms with Crippen molar-refractivity contribution in [2.45, 2.75) is 13.0 Å². The lowest BCUT2D eigenvalue weighted by Gasteiger charge is -2.29. The lowest BCUT2D eigenvalue weighted by Crippen LogP contribution is -2.50. The highest BCUT2D eigenvalue weighted by Gasteiger charge is 2.24. The van der Waals surface area contributed by atoms with Gasteiger partial charge in [0.15, 0.2) is 6.10 Å². The fourth-order valence-corrected chi connectivity index (χ4v) is 2.71. The van der Waals surface area contributed by atoms with Crippen molar-refractivity contribution < 1.29 is 13.9 Å². The van der Waals surface area contributed by atoms with E-state index < -0.39 is 11.9 Å². The Hall–Kier alpha value is -0.850. The van der Waals surface area contributed by atoms with Gasteiger partial charge in [0.05, 0.1) is 9.50 Å². The van der Waals surface area contributed by atoms with Crippen LogP contribution in [0.1, 0.15) is 6.92 Å². The highest BCUT2D eigenvalue weighted by atomic mass is 79.9. The number of hydrogen-bond donors (Lipinski definition) is 1. The van der Waals surface area contributed by atoms with Gasteiger partial charge in [-0.25, -0.2) is 4.39 Å². The van der Waals surface area contributed by atoms with Crippen molar-refractivity contribution in [3.63, 3.8) is 0 Å². The van der Waals surface area contributed by atoms with E-state index in [1.54, 1.807) is 11.8 Å². The normalized spacial score (nSPS) is 16.9. The average molecular weight is 366 g/mol. The van der Waals surface area contributed by atoms with Gasteiger partial charge in [-0.2, -0.15) is 0 Å². The molecule has 1 fully saturated rings. The van der Waals surface area contributed by atoms with E-state index in [2.05, 4.69) is 21.2 Å². The molecule has 1 saturated heterocycles. The van der Waals surface area contributed by atoms with Crippen LogP contribution in [0.5, 0.6) is 5.75 Å². The maximum atomic E-state index is 13.4.